The molecule has 4 nitrogen and oxygen atoms in total. The Hall–Kier alpha value is -2.07. The first-order chi connectivity index (χ1) is 9.75. The summed E-state index contributed by atoms with van der Waals surface area (Å²) in [5.74, 6) is 0.679. The lowest BCUT2D eigenvalue weighted by Crippen LogP contribution is -2.06. The van der Waals surface area contributed by atoms with E-state index in [0.717, 1.165) is 13.0 Å². The van der Waals surface area contributed by atoms with Crippen LogP contribution in [0.15, 0.2) is 36.9 Å². The molecular weight excluding hydrogens is 272 g/mol. The molecule has 2 heterocycles. The molecular formula is C15H15ClN4. The van der Waals surface area contributed by atoms with E-state index in [0.29, 0.717) is 10.8 Å². The van der Waals surface area contributed by atoms with Gasteiger partial charge in [0.1, 0.15) is 17.2 Å². The van der Waals surface area contributed by atoms with Crippen molar-refractivity contribution in [3.05, 3.63) is 53.1 Å². The molecule has 1 aromatic carbocycles. The van der Waals surface area contributed by atoms with Gasteiger partial charge in [-0.25, -0.2) is 9.97 Å². The molecule has 0 aliphatic rings. The van der Waals surface area contributed by atoms with Crippen molar-refractivity contribution in [2.75, 3.05) is 11.9 Å². The third kappa shape index (κ3) is 2.47. The normalized spacial score (nSPS) is 10.9. The van der Waals surface area contributed by atoms with E-state index < -0.39 is 0 Å². The Balaban J connectivity index is 1.73. The molecule has 0 atom stereocenters. The second-order valence-corrected chi connectivity index (χ2v) is 5.11. The maximum atomic E-state index is 6.01. The molecule has 3 rings (SSSR count). The zero-order valence-electron chi connectivity index (χ0n) is 11.2. The highest BCUT2D eigenvalue weighted by atomic mass is 35.5. The van der Waals surface area contributed by atoms with Crippen molar-refractivity contribution in [2.45, 2.75) is 13.3 Å². The molecule has 0 spiro atoms. The Bertz CT molecular complexity index is 736. The van der Waals surface area contributed by atoms with Gasteiger partial charge in [-0.2, -0.15) is 0 Å². The minimum absolute atomic E-state index is 0.544. The van der Waals surface area contributed by atoms with Crippen LogP contribution < -0.4 is 5.32 Å². The maximum absolute atomic E-state index is 6.01. The van der Waals surface area contributed by atoms with Gasteiger partial charge in [-0.1, -0.05) is 23.7 Å². The summed E-state index contributed by atoms with van der Waals surface area (Å²) < 4.78 is 0. The van der Waals surface area contributed by atoms with E-state index in [1.165, 1.54) is 28.4 Å². The summed E-state index contributed by atoms with van der Waals surface area (Å²) in [5.41, 5.74) is 3.77. The first kappa shape index (κ1) is 12.9. The van der Waals surface area contributed by atoms with E-state index in [9.17, 15) is 0 Å². The predicted octanol–water partition coefficient (Wildman–Crippen LogP) is 3.57. The van der Waals surface area contributed by atoms with E-state index >= 15 is 0 Å². The summed E-state index contributed by atoms with van der Waals surface area (Å²) in [7, 11) is 0. The monoisotopic (exact) mass is 286 g/mol. The molecule has 0 radical (unpaired) electrons. The number of anilines is 1. The summed E-state index contributed by atoms with van der Waals surface area (Å²) in [5, 5.41) is 5.09. The van der Waals surface area contributed by atoms with Crippen LogP contribution in [-0.2, 0) is 6.42 Å². The zero-order chi connectivity index (χ0) is 13.9. The first-order valence-corrected chi connectivity index (χ1v) is 6.88. The Kier molecular flexibility index (Phi) is 3.56. The average Bonchev–Trinajstić information content (AvgIpc) is 2.86. The summed E-state index contributed by atoms with van der Waals surface area (Å²) in [4.78, 5) is 11.3. The van der Waals surface area contributed by atoms with Crippen LogP contribution in [0.5, 0.6) is 0 Å². The van der Waals surface area contributed by atoms with Crippen LogP contribution in [0.4, 0.5) is 5.82 Å². The molecule has 0 amide bonds. The van der Waals surface area contributed by atoms with Crippen LogP contribution in [0.25, 0.3) is 10.9 Å². The molecule has 2 aromatic heterocycles. The van der Waals surface area contributed by atoms with Crippen molar-refractivity contribution < 1.29 is 0 Å². The van der Waals surface area contributed by atoms with Gasteiger partial charge in [0.25, 0.3) is 0 Å². The van der Waals surface area contributed by atoms with E-state index in [1.807, 2.05) is 0 Å². The Morgan fingerprint density at radius 1 is 1.35 bits per heavy atom. The van der Waals surface area contributed by atoms with Crippen LogP contribution in [0, 0.1) is 6.92 Å². The minimum atomic E-state index is 0.544. The predicted molar refractivity (Wildman–Crippen MR) is 82.3 cm³/mol. The molecule has 5 heteroatoms. The van der Waals surface area contributed by atoms with Gasteiger partial charge in [-0.05, 0) is 30.5 Å². The van der Waals surface area contributed by atoms with Crippen LogP contribution in [0.2, 0.25) is 5.02 Å². The highest BCUT2D eigenvalue weighted by Crippen LogP contribution is 2.23. The fourth-order valence-corrected chi connectivity index (χ4v) is 2.58. The van der Waals surface area contributed by atoms with Crippen molar-refractivity contribution in [1.82, 2.24) is 15.0 Å². The third-order valence-corrected chi connectivity index (χ3v) is 3.63. The van der Waals surface area contributed by atoms with Gasteiger partial charge in [-0.3, -0.25) is 0 Å². The largest absolute Gasteiger partial charge is 0.368 e. The smallest absolute Gasteiger partial charge is 0.148 e. The molecule has 102 valence electrons. The number of hydrogen-bond acceptors (Lipinski definition) is 3. The highest BCUT2D eigenvalue weighted by molar-refractivity contribution is 6.32. The number of halogens is 1. The van der Waals surface area contributed by atoms with Gasteiger partial charge in [0.15, 0.2) is 0 Å². The van der Waals surface area contributed by atoms with E-state index in [2.05, 4.69) is 51.6 Å². The molecule has 0 aliphatic heterocycles. The topological polar surface area (TPSA) is 53.6 Å². The highest BCUT2D eigenvalue weighted by Gasteiger charge is 2.06. The van der Waals surface area contributed by atoms with E-state index in [4.69, 9.17) is 11.6 Å². The third-order valence-electron chi connectivity index (χ3n) is 3.35. The lowest BCUT2D eigenvalue weighted by molar-refractivity contribution is 1.01. The number of hydrogen-bond donors (Lipinski definition) is 2. The molecule has 3 aromatic rings. The number of H-pyrrole nitrogens is 1. The second kappa shape index (κ2) is 5.51. The number of fused-ring (bicyclic) bond motifs is 1. The van der Waals surface area contributed by atoms with Gasteiger partial charge in [0.05, 0.1) is 6.20 Å². The summed E-state index contributed by atoms with van der Waals surface area (Å²) in [6.07, 6.45) is 6.06. The molecule has 0 bridgehead atoms. The summed E-state index contributed by atoms with van der Waals surface area (Å²) in [6, 6.07) is 6.30. The van der Waals surface area contributed by atoms with E-state index in [-0.39, 0.29) is 0 Å². The lowest BCUT2D eigenvalue weighted by atomic mass is 10.1. The SMILES string of the molecule is Cc1cccc2[nH]cc(CCNc3ncncc3Cl)c12. The standard InChI is InChI=1S/C15H15ClN4/c1-10-3-2-4-13-14(10)11(7-19-13)5-6-18-15-12(16)8-17-9-20-15/h2-4,7-9,19H,5-6H2,1H3,(H,17,18,20). The molecule has 0 saturated heterocycles. The van der Waals surface area contributed by atoms with Crippen molar-refractivity contribution >= 4 is 28.3 Å². The molecule has 0 saturated carbocycles. The number of benzene rings is 1. The lowest BCUT2D eigenvalue weighted by Gasteiger charge is -2.06. The number of aromatic nitrogens is 3. The fraction of sp³-hybridized carbons (Fsp3) is 0.200. The molecule has 0 unspecified atom stereocenters. The van der Waals surface area contributed by atoms with E-state index in [1.54, 1.807) is 6.20 Å². The first-order valence-electron chi connectivity index (χ1n) is 6.50. The number of aromatic amines is 1. The van der Waals surface area contributed by atoms with Gasteiger partial charge >= 0.3 is 0 Å². The zero-order valence-corrected chi connectivity index (χ0v) is 11.9. The second-order valence-electron chi connectivity index (χ2n) is 4.71. The fourth-order valence-electron chi connectivity index (χ4n) is 2.41. The van der Waals surface area contributed by atoms with Crippen LogP contribution in [-0.4, -0.2) is 21.5 Å². The van der Waals surface area contributed by atoms with Crippen molar-refractivity contribution in [3.8, 4) is 0 Å². The molecule has 2 N–H and O–H groups in total. The van der Waals surface area contributed by atoms with Gasteiger partial charge < -0.3 is 10.3 Å². The minimum Gasteiger partial charge on any atom is -0.368 e. The summed E-state index contributed by atoms with van der Waals surface area (Å²) >= 11 is 6.01. The van der Waals surface area contributed by atoms with Crippen LogP contribution in [0.1, 0.15) is 11.1 Å². The number of aryl methyl sites for hydroxylation is 1. The molecule has 0 fully saturated rings. The average molecular weight is 287 g/mol. The van der Waals surface area contributed by atoms with Crippen molar-refractivity contribution in [3.63, 3.8) is 0 Å². The van der Waals surface area contributed by atoms with Crippen molar-refractivity contribution in [1.29, 1.82) is 0 Å². The molecule has 0 aliphatic carbocycles. The van der Waals surface area contributed by atoms with Gasteiger partial charge in [-0.15, -0.1) is 0 Å². The Morgan fingerprint density at radius 3 is 3.10 bits per heavy atom. The quantitative estimate of drug-likeness (QED) is 0.771. The summed E-state index contributed by atoms with van der Waals surface area (Å²) in [6.45, 7) is 2.91. The Labute approximate surface area is 122 Å². The van der Waals surface area contributed by atoms with Crippen molar-refractivity contribution in [2.24, 2.45) is 0 Å². The van der Waals surface area contributed by atoms with Gasteiger partial charge in [0, 0.05) is 23.6 Å². The number of nitrogens with zero attached hydrogens (tertiary/aromatic N) is 2. The number of rotatable bonds is 4. The maximum Gasteiger partial charge on any atom is 0.148 e. The van der Waals surface area contributed by atoms with Gasteiger partial charge in [0.2, 0.25) is 0 Å². The van der Waals surface area contributed by atoms with Crippen LogP contribution >= 0.6 is 11.6 Å². The molecule has 20 heavy (non-hydrogen) atoms. The Morgan fingerprint density at radius 2 is 2.25 bits per heavy atom. The van der Waals surface area contributed by atoms with Crippen LogP contribution in [0.3, 0.4) is 0 Å². The number of nitrogens with one attached hydrogen (secondary N) is 2.